The predicted molar refractivity (Wildman–Crippen MR) is 74.7 cm³/mol. The Labute approximate surface area is 123 Å². The molecule has 0 aliphatic heterocycles. The van der Waals surface area contributed by atoms with E-state index in [9.17, 15) is 13.2 Å². The summed E-state index contributed by atoms with van der Waals surface area (Å²) in [7, 11) is 0. The number of benzene rings is 1. The number of halogens is 4. The molecule has 1 N–H and O–H groups in total. The van der Waals surface area contributed by atoms with Gasteiger partial charge in [0, 0.05) is 0 Å². The van der Waals surface area contributed by atoms with Crippen LogP contribution in [0.1, 0.15) is 11.5 Å². The lowest BCUT2D eigenvalue weighted by molar-refractivity contribution is 0.251. The first kappa shape index (κ1) is 15.1. The van der Waals surface area contributed by atoms with E-state index in [0.717, 1.165) is 0 Å². The lowest BCUT2D eigenvalue weighted by Crippen LogP contribution is -2.01. The van der Waals surface area contributed by atoms with Crippen molar-refractivity contribution in [1.82, 2.24) is 0 Å². The summed E-state index contributed by atoms with van der Waals surface area (Å²) in [5.41, 5.74) is 0.189. The standard InChI is InChI=1S/C13H11ClF3NOS/c14-10-2-1-3-11(15)12(10)18-6-8-4-5-9(19-8)7-20-13(16)17/h1-5,13,18H,6-7H2. The summed E-state index contributed by atoms with van der Waals surface area (Å²) in [6.45, 7) is 0.222. The molecule has 0 aliphatic rings. The SMILES string of the molecule is Fc1cccc(Cl)c1NCc1ccc(CSC(F)F)o1. The molecule has 0 atom stereocenters. The van der Waals surface area contributed by atoms with Crippen molar-refractivity contribution < 1.29 is 17.6 Å². The second-order valence-electron chi connectivity index (χ2n) is 3.89. The Bertz CT molecular complexity index is 556. The second kappa shape index (κ2) is 6.95. The van der Waals surface area contributed by atoms with E-state index >= 15 is 0 Å². The highest BCUT2D eigenvalue weighted by atomic mass is 35.5. The maximum Gasteiger partial charge on any atom is 0.284 e. The summed E-state index contributed by atoms with van der Waals surface area (Å²) in [5.74, 6) is -1.82. The zero-order valence-corrected chi connectivity index (χ0v) is 11.8. The minimum absolute atomic E-state index is 0.0954. The molecular formula is C13H11ClF3NOS. The van der Waals surface area contributed by atoms with Crippen molar-refractivity contribution in [2.45, 2.75) is 18.1 Å². The summed E-state index contributed by atoms with van der Waals surface area (Å²) in [6, 6.07) is 7.65. The number of hydrogen-bond acceptors (Lipinski definition) is 3. The van der Waals surface area contributed by atoms with Crippen LogP contribution in [-0.4, -0.2) is 5.76 Å². The molecule has 0 saturated heterocycles. The molecule has 0 unspecified atom stereocenters. The van der Waals surface area contributed by atoms with Crippen LogP contribution < -0.4 is 5.32 Å². The van der Waals surface area contributed by atoms with E-state index in [0.29, 0.717) is 23.3 Å². The lowest BCUT2D eigenvalue weighted by atomic mass is 10.3. The van der Waals surface area contributed by atoms with Gasteiger partial charge in [-0.2, -0.15) is 8.78 Å². The number of thioether (sulfide) groups is 1. The fourth-order valence-electron chi connectivity index (χ4n) is 1.58. The molecule has 0 amide bonds. The number of hydrogen-bond donors (Lipinski definition) is 1. The Hall–Kier alpha value is -1.27. The topological polar surface area (TPSA) is 25.2 Å². The molecule has 0 fully saturated rings. The smallest absolute Gasteiger partial charge is 0.284 e. The number of nitrogens with one attached hydrogen (secondary N) is 1. The van der Waals surface area contributed by atoms with Crippen molar-refractivity contribution >= 4 is 29.1 Å². The van der Waals surface area contributed by atoms with Gasteiger partial charge in [-0.05, 0) is 24.3 Å². The van der Waals surface area contributed by atoms with Gasteiger partial charge in [0.05, 0.1) is 23.0 Å². The third-order valence-corrected chi connectivity index (χ3v) is 3.49. The van der Waals surface area contributed by atoms with E-state index in [2.05, 4.69) is 5.32 Å². The summed E-state index contributed by atoms with van der Waals surface area (Å²) >= 11 is 6.35. The van der Waals surface area contributed by atoms with Crippen LogP contribution in [0.3, 0.4) is 0 Å². The minimum Gasteiger partial charge on any atom is -0.463 e. The molecule has 0 aliphatic carbocycles. The van der Waals surface area contributed by atoms with E-state index in [1.807, 2.05) is 0 Å². The number of rotatable bonds is 6. The van der Waals surface area contributed by atoms with Crippen molar-refractivity contribution in [1.29, 1.82) is 0 Å². The minimum atomic E-state index is -2.43. The van der Waals surface area contributed by atoms with Crippen molar-refractivity contribution in [3.8, 4) is 0 Å². The van der Waals surface area contributed by atoms with E-state index in [1.54, 1.807) is 18.2 Å². The molecule has 2 rings (SSSR count). The van der Waals surface area contributed by atoms with Crippen molar-refractivity contribution in [2.75, 3.05) is 5.32 Å². The summed E-state index contributed by atoms with van der Waals surface area (Å²) in [6.07, 6.45) is 0. The van der Waals surface area contributed by atoms with Crippen LogP contribution in [0, 0.1) is 5.82 Å². The molecule has 2 nitrogen and oxygen atoms in total. The highest BCUT2D eigenvalue weighted by molar-refractivity contribution is 7.98. The summed E-state index contributed by atoms with van der Waals surface area (Å²) < 4.78 is 42.9. The van der Waals surface area contributed by atoms with Gasteiger partial charge in [0.2, 0.25) is 0 Å². The molecule has 1 aromatic heterocycles. The summed E-state index contributed by atoms with van der Waals surface area (Å²) in [4.78, 5) is 0. The van der Waals surface area contributed by atoms with Crippen LogP contribution in [0.4, 0.5) is 18.9 Å². The van der Waals surface area contributed by atoms with Gasteiger partial charge in [0.15, 0.2) is 0 Å². The first-order valence-corrected chi connectivity index (χ1v) is 7.14. The molecule has 1 heterocycles. The molecule has 20 heavy (non-hydrogen) atoms. The van der Waals surface area contributed by atoms with Crippen molar-refractivity contribution in [2.24, 2.45) is 0 Å². The molecule has 2 aromatic rings. The van der Waals surface area contributed by atoms with Crippen molar-refractivity contribution in [3.05, 3.63) is 52.7 Å². The van der Waals surface area contributed by atoms with Gasteiger partial charge in [-0.25, -0.2) is 4.39 Å². The van der Waals surface area contributed by atoms with Crippen LogP contribution in [0.5, 0.6) is 0 Å². The van der Waals surface area contributed by atoms with E-state index in [-0.39, 0.29) is 23.0 Å². The van der Waals surface area contributed by atoms with Crippen LogP contribution in [-0.2, 0) is 12.3 Å². The average Bonchev–Trinajstić information content (AvgIpc) is 2.84. The molecular weight excluding hydrogens is 311 g/mol. The highest BCUT2D eigenvalue weighted by Crippen LogP contribution is 2.26. The molecule has 7 heteroatoms. The number of furan rings is 1. The van der Waals surface area contributed by atoms with E-state index in [1.165, 1.54) is 12.1 Å². The lowest BCUT2D eigenvalue weighted by Gasteiger charge is -2.07. The zero-order chi connectivity index (χ0) is 14.5. The maximum absolute atomic E-state index is 13.5. The maximum atomic E-state index is 13.5. The van der Waals surface area contributed by atoms with E-state index in [4.69, 9.17) is 16.0 Å². The van der Waals surface area contributed by atoms with Gasteiger partial charge in [0.25, 0.3) is 5.76 Å². The number of alkyl halides is 2. The normalized spacial score (nSPS) is 11.1. The molecule has 1 aromatic carbocycles. The summed E-state index contributed by atoms with van der Waals surface area (Å²) in [5, 5.41) is 3.09. The van der Waals surface area contributed by atoms with Crippen molar-refractivity contribution in [3.63, 3.8) is 0 Å². The number of para-hydroxylation sites is 1. The fraction of sp³-hybridized carbons (Fsp3) is 0.231. The Kier molecular flexibility index (Phi) is 5.25. The Morgan fingerprint density at radius 2 is 1.95 bits per heavy atom. The van der Waals surface area contributed by atoms with Crippen LogP contribution >= 0.6 is 23.4 Å². The third kappa shape index (κ3) is 4.11. The largest absolute Gasteiger partial charge is 0.463 e. The zero-order valence-electron chi connectivity index (χ0n) is 10.2. The van der Waals surface area contributed by atoms with Gasteiger partial charge in [0.1, 0.15) is 17.3 Å². The monoisotopic (exact) mass is 321 g/mol. The van der Waals surface area contributed by atoms with Gasteiger partial charge < -0.3 is 9.73 Å². The Morgan fingerprint density at radius 1 is 1.20 bits per heavy atom. The number of anilines is 1. The Balaban J connectivity index is 1.94. The van der Waals surface area contributed by atoms with Gasteiger partial charge >= 0.3 is 0 Å². The highest BCUT2D eigenvalue weighted by Gasteiger charge is 2.09. The average molecular weight is 322 g/mol. The quantitative estimate of drug-likeness (QED) is 0.797. The van der Waals surface area contributed by atoms with Crippen LogP contribution in [0.2, 0.25) is 5.02 Å². The van der Waals surface area contributed by atoms with Crippen LogP contribution in [0.25, 0.3) is 0 Å². The molecule has 108 valence electrons. The van der Waals surface area contributed by atoms with E-state index < -0.39 is 11.6 Å². The third-order valence-electron chi connectivity index (χ3n) is 2.47. The molecule has 0 saturated carbocycles. The van der Waals surface area contributed by atoms with Crippen LogP contribution in [0.15, 0.2) is 34.7 Å². The molecule has 0 radical (unpaired) electrons. The molecule has 0 bridgehead atoms. The fourth-order valence-corrected chi connectivity index (χ4v) is 2.26. The first-order chi connectivity index (χ1) is 9.56. The second-order valence-corrected chi connectivity index (χ2v) is 5.28. The molecule has 0 spiro atoms. The van der Waals surface area contributed by atoms with Gasteiger partial charge in [-0.15, -0.1) is 0 Å². The Morgan fingerprint density at radius 3 is 2.65 bits per heavy atom. The predicted octanol–water partition coefficient (Wildman–Crippen LogP) is 5.14. The first-order valence-electron chi connectivity index (χ1n) is 5.71. The van der Waals surface area contributed by atoms with Gasteiger partial charge in [-0.1, -0.05) is 29.4 Å². The van der Waals surface area contributed by atoms with Gasteiger partial charge in [-0.3, -0.25) is 0 Å².